The molecule has 1 atom stereocenters. The molecule has 4 heteroatoms. The van der Waals surface area contributed by atoms with Crippen molar-refractivity contribution < 1.29 is 9.53 Å². The fraction of sp³-hybridized carbons (Fsp3) is 0.400. The molecule has 14 heavy (non-hydrogen) atoms. The van der Waals surface area contributed by atoms with Crippen molar-refractivity contribution in [1.82, 2.24) is 4.98 Å². The summed E-state index contributed by atoms with van der Waals surface area (Å²) in [7, 11) is 1.40. The minimum absolute atomic E-state index is 0.137. The van der Waals surface area contributed by atoms with E-state index in [0.717, 1.165) is 11.4 Å². The Morgan fingerprint density at radius 2 is 2.43 bits per heavy atom. The summed E-state index contributed by atoms with van der Waals surface area (Å²) >= 11 is 1.53. The Morgan fingerprint density at radius 1 is 1.64 bits per heavy atom. The third-order valence-electron chi connectivity index (χ3n) is 1.74. The molecule has 1 rings (SSSR count). The molecule has 0 aliphatic carbocycles. The van der Waals surface area contributed by atoms with Crippen LogP contribution in [0, 0.1) is 0 Å². The molecule has 0 fully saturated rings. The molecule has 1 heterocycles. The molecule has 0 saturated carbocycles. The van der Waals surface area contributed by atoms with Crippen LogP contribution in [0.25, 0.3) is 0 Å². The van der Waals surface area contributed by atoms with Crippen molar-refractivity contribution in [3.8, 4) is 0 Å². The van der Waals surface area contributed by atoms with E-state index in [-0.39, 0.29) is 11.2 Å². The first kappa shape index (κ1) is 11.0. The molecule has 0 saturated heterocycles. The Labute approximate surface area is 87.9 Å². The van der Waals surface area contributed by atoms with E-state index in [1.807, 2.05) is 25.1 Å². The highest BCUT2D eigenvalue weighted by Gasteiger charge is 2.13. The lowest BCUT2D eigenvalue weighted by molar-refractivity contribution is -0.139. The maximum atomic E-state index is 11.1. The molecule has 0 radical (unpaired) electrons. The monoisotopic (exact) mass is 211 g/mol. The minimum atomic E-state index is -0.189. The zero-order valence-electron chi connectivity index (χ0n) is 8.27. The molecular weight excluding hydrogens is 198 g/mol. The average molecular weight is 211 g/mol. The van der Waals surface area contributed by atoms with Gasteiger partial charge in [0.1, 0.15) is 0 Å². The van der Waals surface area contributed by atoms with Crippen molar-refractivity contribution in [3.63, 3.8) is 0 Å². The van der Waals surface area contributed by atoms with Crippen LogP contribution in [0.15, 0.2) is 24.4 Å². The second-order valence-electron chi connectivity index (χ2n) is 2.80. The van der Waals surface area contributed by atoms with Crippen LogP contribution in [0.5, 0.6) is 0 Å². The van der Waals surface area contributed by atoms with Crippen molar-refractivity contribution in [2.75, 3.05) is 7.11 Å². The van der Waals surface area contributed by atoms with Gasteiger partial charge in [0.2, 0.25) is 0 Å². The lowest BCUT2D eigenvalue weighted by Crippen LogP contribution is -2.14. The summed E-state index contributed by atoms with van der Waals surface area (Å²) in [6.07, 6.45) is 1.75. The van der Waals surface area contributed by atoms with E-state index >= 15 is 0 Å². The number of carbonyl (C=O) groups excluding carboxylic acids is 1. The number of hydrogen-bond acceptors (Lipinski definition) is 4. The maximum absolute atomic E-state index is 11.1. The van der Waals surface area contributed by atoms with Crippen molar-refractivity contribution in [2.24, 2.45) is 0 Å². The van der Waals surface area contributed by atoms with Gasteiger partial charge >= 0.3 is 5.97 Å². The zero-order valence-corrected chi connectivity index (χ0v) is 9.08. The van der Waals surface area contributed by atoms with Gasteiger partial charge in [-0.25, -0.2) is 0 Å². The largest absolute Gasteiger partial charge is 0.468 e. The van der Waals surface area contributed by atoms with Gasteiger partial charge in [-0.2, -0.15) is 0 Å². The van der Waals surface area contributed by atoms with Crippen LogP contribution in [0.1, 0.15) is 12.6 Å². The van der Waals surface area contributed by atoms with Gasteiger partial charge in [0.25, 0.3) is 0 Å². The Morgan fingerprint density at radius 3 is 3.00 bits per heavy atom. The van der Waals surface area contributed by atoms with Crippen LogP contribution >= 0.6 is 11.8 Å². The standard InChI is InChI=1S/C10H13NO2S/c1-8(10(12)13-2)14-7-9-5-3-4-6-11-9/h3-6,8H,7H2,1-2H3. The number of nitrogens with zero attached hydrogens (tertiary/aromatic N) is 1. The molecule has 0 bridgehead atoms. The van der Waals surface area contributed by atoms with E-state index in [4.69, 9.17) is 0 Å². The number of hydrogen-bond donors (Lipinski definition) is 0. The third kappa shape index (κ3) is 3.38. The van der Waals surface area contributed by atoms with Crippen LogP contribution < -0.4 is 0 Å². The van der Waals surface area contributed by atoms with Gasteiger partial charge in [0.15, 0.2) is 0 Å². The number of ether oxygens (including phenoxy) is 1. The number of aromatic nitrogens is 1. The first-order valence-electron chi connectivity index (χ1n) is 4.33. The molecule has 0 aliphatic rings. The summed E-state index contributed by atoms with van der Waals surface area (Å²) in [5.41, 5.74) is 0.980. The maximum Gasteiger partial charge on any atom is 0.318 e. The Kier molecular flexibility index (Phi) is 4.46. The fourth-order valence-electron chi connectivity index (χ4n) is 0.928. The summed E-state index contributed by atoms with van der Waals surface area (Å²) < 4.78 is 4.62. The summed E-state index contributed by atoms with van der Waals surface area (Å²) in [5, 5.41) is -0.137. The Bertz CT molecular complexity index is 289. The quantitative estimate of drug-likeness (QED) is 0.713. The molecule has 1 aromatic rings. The summed E-state index contributed by atoms with van der Waals surface area (Å²) in [6.45, 7) is 1.83. The normalized spacial score (nSPS) is 12.1. The fourth-order valence-corrected chi connectivity index (χ4v) is 1.75. The molecule has 0 aromatic carbocycles. The van der Waals surface area contributed by atoms with Crippen molar-refractivity contribution in [3.05, 3.63) is 30.1 Å². The predicted octanol–water partition coefficient (Wildman–Crippen LogP) is 1.88. The second-order valence-corrected chi connectivity index (χ2v) is 4.13. The van der Waals surface area contributed by atoms with Crippen LogP contribution in [-0.2, 0) is 15.3 Å². The van der Waals surface area contributed by atoms with Crippen molar-refractivity contribution in [1.29, 1.82) is 0 Å². The van der Waals surface area contributed by atoms with E-state index < -0.39 is 0 Å². The van der Waals surface area contributed by atoms with Gasteiger partial charge in [-0.05, 0) is 19.1 Å². The first-order valence-corrected chi connectivity index (χ1v) is 5.38. The number of pyridine rings is 1. The van der Waals surface area contributed by atoms with E-state index in [9.17, 15) is 4.79 Å². The highest BCUT2D eigenvalue weighted by Crippen LogP contribution is 2.16. The molecule has 76 valence electrons. The molecular formula is C10H13NO2S. The minimum Gasteiger partial charge on any atom is -0.468 e. The lowest BCUT2D eigenvalue weighted by atomic mass is 10.4. The summed E-state index contributed by atoms with van der Waals surface area (Å²) in [5.74, 6) is 0.544. The molecule has 3 nitrogen and oxygen atoms in total. The van der Waals surface area contributed by atoms with Gasteiger partial charge in [-0.3, -0.25) is 9.78 Å². The molecule has 1 aromatic heterocycles. The topological polar surface area (TPSA) is 39.2 Å². The third-order valence-corrected chi connectivity index (χ3v) is 2.90. The van der Waals surface area contributed by atoms with Gasteiger partial charge in [0.05, 0.1) is 18.1 Å². The van der Waals surface area contributed by atoms with E-state index in [0.29, 0.717) is 0 Å². The SMILES string of the molecule is COC(=O)C(C)SCc1ccccn1. The lowest BCUT2D eigenvalue weighted by Gasteiger charge is -2.07. The number of carbonyl (C=O) groups is 1. The zero-order chi connectivity index (χ0) is 10.4. The smallest absolute Gasteiger partial charge is 0.318 e. The second kappa shape index (κ2) is 5.65. The van der Waals surface area contributed by atoms with Gasteiger partial charge in [-0.15, -0.1) is 11.8 Å². The number of methoxy groups -OCH3 is 1. The Hall–Kier alpha value is -1.03. The predicted molar refractivity (Wildman–Crippen MR) is 57.0 cm³/mol. The van der Waals surface area contributed by atoms with Crippen molar-refractivity contribution >= 4 is 17.7 Å². The molecule has 0 N–H and O–H groups in total. The van der Waals surface area contributed by atoms with Gasteiger partial charge in [0, 0.05) is 11.9 Å². The van der Waals surface area contributed by atoms with Crippen LogP contribution in [0.2, 0.25) is 0 Å². The highest BCUT2D eigenvalue weighted by molar-refractivity contribution is 7.99. The first-order chi connectivity index (χ1) is 6.74. The van der Waals surface area contributed by atoms with E-state index in [1.165, 1.54) is 18.9 Å². The summed E-state index contributed by atoms with van der Waals surface area (Å²) in [6, 6.07) is 5.75. The molecule has 0 spiro atoms. The Balaban J connectivity index is 2.38. The van der Waals surface area contributed by atoms with Crippen LogP contribution in [-0.4, -0.2) is 23.3 Å². The van der Waals surface area contributed by atoms with Gasteiger partial charge < -0.3 is 4.74 Å². The van der Waals surface area contributed by atoms with E-state index in [2.05, 4.69) is 9.72 Å². The average Bonchev–Trinajstić information content (AvgIpc) is 2.26. The molecule has 0 aliphatic heterocycles. The summed E-state index contributed by atoms with van der Waals surface area (Å²) in [4.78, 5) is 15.2. The highest BCUT2D eigenvalue weighted by atomic mass is 32.2. The van der Waals surface area contributed by atoms with Crippen molar-refractivity contribution in [2.45, 2.75) is 17.9 Å². The molecule has 0 amide bonds. The number of rotatable bonds is 4. The number of thioether (sulfide) groups is 1. The van der Waals surface area contributed by atoms with Crippen LogP contribution in [0.3, 0.4) is 0 Å². The van der Waals surface area contributed by atoms with Gasteiger partial charge in [-0.1, -0.05) is 6.07 Å². The van der Waals surface area contributed by atoms with Crippen LogP contribution in [0.4, 0.5) is 0 Å². The number of esters is 1. The molecule has 1 unspecified atom stereocenters. The van der Waals surface area contributed by atoms with E-state index in [1.54, 1.807) is 6.20 Å².